The Hall–Kier alpha value is -0.803. The Morgan fingerprint density at radius 1 is 1.26 bits per heavy atom. The van der Waals surface area contributed by atoms with Crippen molar-refractivity contribution in [2.45, 2.75) is 64.3 Å². The van der Waals surface area contributed by atoms with Crippen molar-refractivity contribution in [1.82, 2.24) is 0 Å². The van der Waals surface area contributed by atoms with Gasteiger partial charge in [-0.25, -0.2) is 0 Å². The lowest BCUT2D eigenvalue weighted by molar-refractivity contribution is 0.156. The molecule has 1 atom stereocenters. The van der Waals surface area contributed by atoms with Gasteiger partial charge in [-0.1, -0.05) is 26.8 Å². The van der Waals surface area contributed by atoms with Gasteiger partial charge in [-0.05, 0) is 60.7 Å². The summed E-state index contributed by atoms with van der Waals surface area (Å²) in [5, 5.41) is 10.2. The molecule has 1 aliphatic rings. The Labute approximate surface area is 117 Å². The van der Waals surface area contributed by atoms with Crippen LogP contribution in [-0.4, -0.2) is 13.4 Å². The van der Waals surface area contributed by atoms with E-state index in [1.54, 1.807) is 0 Å². The fourth-order valence-electron chi connectivity index (χ4n) is 2.28. The van der Waals surface area contributed by atoms with Gasteiger partial charge in [0, 0.05) is 0 Å². The summed E-state index contributed by atoms with van der Waals surface area (Å²) < 4.78 is 6.32. The molecule has 0 bridgehead atoms. The number of benzene rings is 1. The molecule has 2 nitrogen and oxygen atoms in total. The average Bonchev–Trinajstić information content (AvgIpc) is 2.27. The molecular formula is C16H26O2Si. The molecule has 0 saturated carbocycles. The lowest BCUT2D eigenvalue weighted by Gasteiger charge is -2.36. The smallest absolute Gasteiger partial charge is 0.250 e. The molecule has 0 aliphatic heterocycles. The summed E-state index contributed by atoms with van der Waals surface area (Å²) >= 11 is 0. The van der Waals surface area contributed by atoms with E-state index in [-0.39, 0.29) is 11.1 Å². The third-order valence-corrected chi connectivity index (χ3v) is 8.93. The lowest BCUT2D eigenvalue weighted by Crippen LogP contribution is -2.43. The number of fused-ring (bicyclic) bond motifs is 1. The molecule has 0 radical (unpaired) electrons. The molecule has 1 aromatic carbocycles. The van der Waals surface area contributed by atoms with E-state index in [1.807, 2.05) is 12.1 Å². The number of aliphatic hydroxyl groups is 1. The maximum absolute atomic E-state index is 9.98. The second-order valence-corrected chi connectivity index (χ2v) is 11.9. The van der Waals surface area contributed by atoms with E-state index >= 15 is 0 Å². The van der Waals surface area contributed by atoms with Crippen LogP contribution in [0.15, 0.2) is 18.2 Å². The Balaban J connectivity index is 2.24. The molecule has 0 fully saturated rings. The number of hydrogen-bond donors (Lipinski definition) is 1. The highest BCUT2D eigenvalue weighted by Crippen LogP contribution is 2.39. The van der Waals surface area contributed by atoms with Crippen molar-refractivity contribution in [3.8, 4) is 5.75 Å². The first-order valence-corrected chi connectivity index (χ1v) is 10.1. The fourth-order valence-corrected chi connectivity index (χ4v) is 3.30. The summed E-state index contributed by atoms with van der Waals surface area (Å²) in [4.78, 5) is 0. The molecule has 0 saturated heterocycles. The highest BCUT2D eigenvalue weighted by Gasteiger charge is 2.39. The van der Waals surface area contributed by atoms with E-state index in [4.69, 9.17) is 4.43 Å². The molecule has 0 amide bonds. The van der Waals surface area contributed by atoms with Crippen molar-refractivity contribution in [3.05, 3.63) is 29.3 Å². The second kappa shape index (κ2) is 4.95. The van der Waals surface area contributed by atoms with Crippen LogP contribution in [0.1, 0.15) is 50.8 Å². The first kappa shape index (κ1) is 14.6. The molecule has 1 aromatic rings. The summed E-state index contributed by atoms with van der Waals surface area (Å²) in [6.07, 6.45) is 2.72. The zero-order valence-electron chi connectivity index (χ0n) is 12.8. The van der Waals surface area contributed by atoms with Gasteiger partial charge in [0.15, 0.2) is 0 Å². The van der Waals surface area contributed by atoms with Gasteiger partial charge in [0.05, 0.1) is 6.10 Å². The standard InChI is InChI=1S/C16H26O2Si/c1-16(2,3)19(4,5)18-13-9-10-14-12(11-13)7-6-8-15(14)17/h9-11,15,17H,6-8H2,1-5H3. The molecule has 19 heavy (non-hydrogen) atoms. The van der Waals surface area contributed by atoms with Crippen LogP contribution < -0.4 is 4.43 Å². The maximum atomic E-state index is 9.98. The Bertz CT molecular complexity index is 460. The van der Waals surface area contributed by atoms with E-state index in [9.17, 15) is 5.11 Å². The Morgan fingerprint density at radius 3 is 2.58 bits per heavy atom. The number of rotatable bonds is 2. The maximum Gasteiger partial charge on any atom is 0.250 e. The molecule has 0 spiro atoms. The summed E-state index contributed by atoms with van der Waals surface area (Å²) in [5.74, 6) is 0.972. The van der Waals surface area contributed by atoms with Crippen LogP contribution in [0.2, 0.25) is 18.1 Å². The largest absolute Gasteiger partial charge is 0.543 e. The van der Waals surface area contributed by atoms with E-state index in [2.05, 4.69) is 39.9 Å². The highest BCUT2D eigenvalue weighted by molar-refractivity contribution is 6.74. The molecule has 1 N–H and O–H groups in total. The number of hydrogen-bond acceptors (Lipinski definition) is 2. The minimum Gasteiger partial charge on any atom is -0.543 e. The fraction of sp³-hybridized carbons (Fsp3) is 0.625. The van der Waals surface area contributed by atoms with Crippen LogP contribution in [0.3, 0.4) is 0 Å². The SMILES string of the molecule is CC(C)(C)[Si](C)(C)Oc1ccc2c(c1)CCCC2O. The Kier molecular flexibility index (Phi) is 3.80. The van der Waals surface area contributed by atoms with Gasteiger partial charge in [-0.3, -0.25) is 0 Å². The minimum absolute atomic E-state index is 0.211. The van der Waals surface area contributed by atoms with Gasteiger partial charge in [-0.2, -0.15) is 0 Å². The minimum atomic E-state index is -1.77. The molecule has 1 aliphatic carbocycles. The van der Waals surface area contributed by atoms with Gasteiger partial charge < -0.3 is 9.53 Å². The first-order chi connectivity index (χ1) is 8.71. The van der Waals surface area contributed by atoms with E-state index in [0.29, 0.717) is 0 Å². The van der Waals surface area contributed by atoms with Crippen LogP contribution in [0.4, 0.5) is 0 Å². The molecule has 3 heteroatoms. The number of aryl methyl sites for hydroxylation is 1. The molecular weight excluding hydrogens is 252 g/mol. The van der Waals surface area contributed by atoms with Crippen LogP contribution in [0.5, 0.6) is 5.75 Å². The summed E-state index contributed by atoms with van der Waals surface area (Å²) in [6.45, 7) is 11.3. The molecule has 0 aromatic heterocycles. The highest BCUT2D eigenvalue weighted by atomic mass is 28.4. The van der Waals surface area contributed by atoms with Gasteiger partial charge in [0.2, 0.25) is 8.32 Å². The van der Waals surface area contributed by atoms with Crippen molar-refractivity contribution in [2.24, 2.45) is 0 Å². The first-order valence-electron chi connectivity index (χ1n) is 7.20. The van der Waals surface area contributed by atoms with Crippen molar-refractivity contribution in [1.29, 1.82) is 0 Å². The second-order valence-electron chi connectivity index (χ2n) is 7.13. The predicted molar refractivity (Wildman–Crippen MR) is 82.2 cm³/mol. The van der Waals surface area contributed by atoms with E-state index < -0.39 is 8.32 Å². The van der Waals surface area contributed by atoms with Gasteiger partial charge in [-0.15, -0.1) is 0 Å². The van der Waals surface area contributed by atoms with E-state index in [0.717, 1.165) is 30.6 Å². The molecule has 106 valence electrons. The zero-order valence-corrected chi connectivity index (χ0v) is 13.8. The van der Waals surface area contributed by atoms with Gasteiger partial charge in [0.25, 0.3) is 0 Å². The van der Waals surface area contributed by atoms with E-state index in [1.165, 1.54) is 5.56 Å². The topological polar surface area (TPSA) is 29.5 Å². The molecule has 1 unspecified atom stereocenters. The summed E-state index contributed by atoms with van der Waals surface area (Å²) in [5.41, 5.74) is 2.35. The van der Waals surface area contributed by atoms with Crippen LogP contribution in [-0.2, 0) is 6.42 Å². The Morgan fingerprint density at radius 2 is 1.95 bits per heavy atom. The number of aliphatic hydroxyl groups excluding tert-OH is 1. The van der Waals surface area contributed by atoms with Gasteiger partial charge in [0.1, 0.15) is 5.75 Å². The summed E-state index contributed by atoms with van der Waals surface area (Å²) in [7, 11) is -1.77. The summed E-state index contributed by atoms with van der Waals surface area (Å²) in [6, 6.07) is 6.20. The van der Waals surface area contributed by atoms with Crippen LogP contribution in [0, 0.1) is 0 Å². The third kappa shape index (κ3) is 3.03. The molecule has 2 rings (SSSR count). The van der Waals surface area contributed by atoms with Crippen LogP contribution in [0.25, 0.3) is 0 Å². The third-order valence-electron chi connectivity index (χ3n) is 4.58. The zero-order chi connectivity index (χ0) is 14.3. The predicted octanol–water partition coefficient (Wildman–Crippen LogP) is 4.44. The van der Waals surface area contributed by atoms with Crippen molar-refractivity contribution in [3.63, 3.8) is 0 Å². The average molecular weight is 278 g/mol. The van der Waals surface area contributed by atoms with Gasteiger partial charge >= 0.3 is 0 Å². The van der Waals surface area contributed by atoms with Crippen molar-refractivity contribution >= 4 is 8.32 Å². The quantitative estimate of drug-likeness (QED) is 0.810. The molecule has 0 heterocycles. The lowest BCUT2D eigenvalue weighted by atomic mass is 9.89. The van der Waals surface area contributed by atoms with Crippen LogP contribution >= 0.6 is 0 Å². The van der Waals surface area contributed by atoms with Crippen molar-refractivity contribution < 1.29 is 9.53 Å². The monoisotopic (exact) mass is 278 g/mol. The normalized spacial score (nSPS) is 20.0. The van der Waals surface area contributed by atoms with Crippen molar-refractivity contribution in [2.75, 3.05) is 0 Å².